The molecule has 0 aliphatic carbocycles. The highest BCUT2D eigenvalue weighted by molar-refractivity contribution is 5.96. The molecule has 26 heavy (non-hydrogen) atoms. The average molecular weight is 356 g/mol. The molecule has 1 aliphatic heterocycles. The van der Waals surface area contributed by atoms with Gasteiger partial charge in [-0.1, -0.05) is 0 Å². The summed E-state index contributed by atoms with van der Waals surface area (Å²) < 4.78 is 7.30. The Morgan fingerprint density at radius 2 is 1.81 bits per heavy atom. The molecule has 3 rings (SSSR count). The summed E-state index contributed by atoms with van der Waals surface area (Å²) in [4.78, 5) is 33.3. The molecule has 2 aromatic heterocycles. The normalized spacial score (nSPS) is 14.8. The molecule has 0 unspecified atom stereocenters. The van der Waals surface area contributed by atoms with Gasteiger partial charge in [0.2, 0.25) is 5.88 Å². The zero-order chi connectivity index (χ0) is 18.5. The summed E-state index contributed by atoms with van der Waals surface area (Å²) in [6.45, 7) is 4.57. The predicted molar refractivity (Wildman–Crippen MR) is 97.2 cm³/mol. The van der Waals surface area contributed by atoms with E-state index in [4.69, 9.17) is 4.74 Å². The monoisotopic (exact) mass is 356 g/mol. The number of ether oxygens (including phenoxy) is 1. The third kappa shape index (κ3) is 3.71. The molecule has 7 heteroatoms. The number of pyridine rings is 1. The number of aromatic nitrogens is 2. The van der Waals surface area contributed by atoms with Crippen LogP contribution in [0.2, 0.25) is 0 Å². The highest BCUT2D eigenvalue weighted by atomic mass is 16.5. The smallest absolute Gasteiger partial charge is 0.270 e. The van der Waals surface area contributed by atoms with E-state index >= 15 is 0 Å². The van der Waals surface area contributed by atoms with E-state index < -0.39 is 0 Å². The minimum absolute atomic E-state index is 0.00295. The molecule has 1 saturated heterocycles. The average Bonchev–Trinajstić information content (AvgIpc) is 2.93. The van der Waals surface area contributed by atoms with Crippen molar-refractivity contribution in [3.8, 4) is 5.88 Å². The van der Waals surface area contributed by atoms with E-state index in [0.717, 1.165) is 6.42 Å². The summed E-state index contributed by atoms with van der Waals surface area (Å²) in [5.74, 6) is 0.263. The van der Waals surface area contributed by atoms with Gasteiger partial charge in [0.25, 0.3) is 11.8 Å². The summed E-state index contributed by atoms with van der Waals surface area (Å²) in [7, 11) is 1.86. The molecule has 0 aromatic carbocycles. The lowest BCUT2D eigenvalue weighted by Crippen LogP contribution is -2.38. The summed E-state index contributed by atoms with van der Waals surface area (Å²) in [6.07, 6.45) is 4.22. The van der Waals surface area contributed by atoms with Crippen LogP contribution in [0.5, 0.6) is 5.88 Å². The molecule has 2 aromatic rings. The number of carbonyl (C=O) groups is 2. The van der Waals surface area contributed by atoms with Gasteiger partial charge in [-0.25, -0.2) is 4.98 Å². The Kier molecular flexibility index (Phi) is 5.55. The Morgan fingerprint density at radius 3 is 2.46 bits per heavy atom. The number of hydrogen-bond donors (Lipinski definition) is 0. The topological polar surface area (TPSA) is 67.7 Å². The van der Waals surface area contributed by atoms with Crippen LogP contribution >= 0.6 is 0 Å². The molecule has 1 fully saturated rings. The van der Waals surface area contributed by atoms with Crippen LogP contribution in [0, 0.1) is 0 Å². The zero-order valence-corrected chi connectivity index (χ0v) is 15.2. The largest absolute Gasteiger partial charge is 0.477 e. The van der Waals surface area contributed by atoms with Gasteiger partial charge in [0.05, 0.1) is 6.61 Å². The van der Waals surface area contributed by atoms with Crippen LogP contribution in [0.3, 0.4) is 0 Å². The summed E-state index contributed by atoms with van der Waals surface area (Å²) in [5, 5.41) is 0. The van der Waals surface area contributed by atoms with Crippen molar-refractivity contribution in [2.24, 2.45) is 7.05 Å². The van der Waals surface area contributed by atoms with Crippen molar-refractivity contribution in [2.45, 2.75) is 13.3 Å². The van der Waals surface area contributed by atoms with Gasteiger partial charge in [-0.15, -0.1) is 0 Å². The lowest BCUT2D eigenvalue weighted by molar-refractivity contribution is 0.0711. The van der Waals surface area contributed by atoms with Crippen molar-refractivity contribution in [3.05, 3.63) is 47.9 Å². The van der Waals surface area contributed by atoms with Crippen LogP contribution in [0.1, 0.15) is 34.2 Å². The summed E-state index contributed by atoms with van der Waals surface area (Å²) >= 11 is 0. The van der Waals surface area contributed by atoms with Crippen LogP contribution in [0.4, 0.5) is 0 Å². The first-order valence-corrected chi connectivity index (χ1v) is 8.89. The van der Waals surface area contributed by atoms with Crippen molar-refractivity contribution in [2.75, 3.05) is 32.8 Å². The maximum atomic E-state index is 12.9. The molecule has 3 heterocycles. The number of rotatable bonds is 4. The molecule has 138 valence electrons. The molecule has 0 radical (unpaired) electrons. The minimum atomic E-state index is -0.102. The second-order valence-corrected chi connectivity index (χ2v) is 6.23. The molecule has 7 nitrogen and oxygen atoms in total. The van der Waals surface area contributed by atoms with Crippen molar-refractivity contribution in [3.63, 3.8) is 0 Å². The predicted octanol–water partition coefficient (Wildman–Crippen LogP) is 1.81. The quantitative estimate of drug-likeness (QED) is 0.838. The first-order chi connectivity index (χ1) is 12.6. The fourth-order valence-electron chi connectivity index (χ4n) is 3.14. The lowest BCUT2D eigenvalue weighted by Gasteiger charge is -2.23. The first kappa shape index (κ1) is 18.0. The molecule has 0 atom stereocenters. The van der Waals surface area contributed by atoms with Crippen molar-refractivity contribution < 1.29 is 14.3 Å². The number of aryl methyl sites for hydroxylation is 1. The zero-order valence-electron chi connectivity index (χ0n) is 15.2. The molecular formula is C19H24N4O3. The third-order valence-electron chi connectivity index (χ3n) is 4.52. The van der Waals surface area contributed by atoms with Crippen LogP contribution in [-0.2, 0) is 7.05 Å². The van der Waals surface area contributed by atoms with E-state index in [-0.39, 0.29) is 11.8 Å². The molecule has 2 amide bonds. The van der Waals surface area contributed by atoms with E-state index in [2.05, 4.69) is 4.98 Å². The van der Waals surface area contributed by atoms with Crippen LogP contribution in [0.15, 0.2) is 36.7 Å². The van der Waals surface area contributed by atoms with Gasteiger partial charge in [-0.3, -0.25) is 9.59 Å². The third-order valence-corrected chi connectivity index (χ3v) is 4.52. The molecule has 0 N–H and O–H groups in total. The highest BCUT2D eigenvalue weighted by Crippen LogP contribution is 2.18. The molecule has 1 aliphatic rings. The van der Waals surface area contributed by atoms with E-state index in [9.17, 15) is 9.59 Å². The van der Waals surface area contributed by atoms with Crippen molar-refractivity contribution in [1.82, 2.24) is 19.4 Å². The second-order valence-electron chi connectivity index (χ2n) is 6.23. The maximum absolute atomic E-state index is 12.9. The highest BCUT2D eigenvalue weighted by Gasteiger charge is 2.26. The number of hydrogen-bond acceptors (Lipinski definition) is 4. The Labute approximate surface area is 153 Å². The standard InChI is InChI=1S/C19H24N4O3/c1-3-26-17-15(7-4-9-20-17)18(24)22-11-6-12-23(14-13-22)19(25)16-8-5-10-21(16)2/h4-5,7-10H,3,6,11-14H2,1-2H3. The van der Waals surface area contributed by atoms with Crippen molar-refractivity contribution in [1.29, 1.82) is 0 Å². The summed E-state index contributed by atoms with van der Waals surface area (Å²) in [6, 6.07) is 7.15. The van der Waals surface area contributed by atoms with Crippen LogP contribution in [-0.4, -0.2) is 64.0 Å². The van der Waals surface area contributed by atoms with Gasteiger partial charge >= 0.3 is 0 Å². The molecular weight excluding hydrogens is 332 g/mol. The second kappa shape index (κ2) is 8.03. The summed E-state index contributed by atoms with van der Waals surface area (Å²) in [5.41, 5.74) is 1.13. The molecule has 0 bridgehead atoms. The Hall–Kier alpha value is -2.83. The van der Waals surface area contributed by atoms with E-state index in [1.54, 1.807) is 23.2 Å². The fourth-order valence-corrected chi connectivity index (χ4v) is 3.14. The number of amides is 2. The SMILES string of the molecule is CCOc1ncccc1C(=O)N1CCCN(C(=O)c2cccn2C)CC1. The van der Waals surface area contributed by atoms with Crippen LogP contribution in [0.25, 0.3) is 0 Å². The van der Waals surface area contributed by atoms with Gasteiger partial charge in [0, 0.05) is 45.6 Å². The van der Waals surface area contributed by atoms with E-state index in [0.29, 0.717) is 49.9 Å². The maximum Gasteiger partial charge on any atom is 0.270 e. The molecule has 0 spiro atoms. The van der Waals surface area contributed by atoms with Crippen LogP contribution < -0.4 is 4.74 Å². The number of nitrogens with zero attached hydrogens (tertiary/aromatic N) is 4. The Bertz CT molecular complexity index is 787. The van der Waals surface area contributed by atoms with Gasteiger partial charge in [-0.2, -0.15) is 0 Å². The van der Waals surface area contributed by atoms with Gasteiger partial charge in [0.1, 0.15) is 11.3 Å². The fraction of sp³-hybridized carbons (Fsp3) is 0.421. The van der Waals surface area contributed by atoms with Gasteiger partial charge in [-0.05, 0) is 37.6 Å². The van der Waals surface area contributed by atoms with E-state index in [1.807, 2.05) is 41.8 Å². The minimum Gasteiger partial charge on any atom is -0.477 e. The van der Waals surface area contributed by atoms with Gasteiger partial charge < -0.3 is 19.1 Å². The van der Waals surface area contributed by atoms with Gasteiger partial charge in [0.15, 0.2) is 0 Å². The van der Waals surface area contributed by atoms with E-state index in [1.165, 1.54) is 0 Å². The Morgan fingerprint density at radius 1 is 1.08 bits per heavy atom. The molecule has 0 saturated carbocycles. The lowest BCUT2D eigenvalue weighted by atomic mass is 10.2. The Balaban J connectivity index is 1.70. The van der Waals surface area contributed by atoms with Crippen molar-refractivity contribution >= 4 is 11.8 Å². The first-order valence-electron chi connectivity index (χ1n) is 8.89. The number of carbonyl (C=O) groups excluding carboxylic acids is 2.